The quantitative estimate of drug-likeness (QED) is 0.842. The topological polar surface area (TPSA) is 59.1 Å². The third kappa shape index (κ3) is 3.03. The summed E-state index contributed by atoms with van der Waals surface area (Å²) in [5.41, 5.74) is 1.26. The van der Waals surface area contributed by atoms with Gasteiger partial charge in [0.2, 0.25) is 0 Å². The lowest BCUT2D eigenvalue weighted by molar-refractivity contribution is 0.603. The summed E-state index contributed by atoms with van der Waals surface area (Å²) in [6.45, 7) is 1.83. The Labute approximate surface area is 122 Å². The van der Waals surface area contributed by atoms with E-state index < -0.39 is 10.0 Å². The first-order valence-electron chi connectivity index (χ1n) is 4.79. The molecule has 0 aromatic carbocycles. The molecule has 0 aliphatic heterocycles. The third-order valence-electron chi connectivity index (χ3n) is 2.08. The molecule has 8 heteroatoms. The van der Waals surface area contributed by atoms with Crippen LogP contribution in [-0.2, 0) is 10.0 Å². The minimum absolute atomic E-state index is 0.174. The van der Waals surface area contributed by atoms with Crippen molar-refractivity contribution in [3.63, 3.8) is 0 Å². The van der Waals surface area contributed by atoms with Crippen molar-refractivity contribution >= 4 is 54.6 Å². The van der Waals surface area contributed by atoms with E-state index in [1.54, 1.807) is 12.1 Å². The molecule has 4 nitrogen and oxygen atoms in total. The van der Waals surface area contributed by atoms with Crippen LogP contribution in [0.5, 0.6) is 0 Å². The molecule has 0 saturated carbocycles. The summed E-state index contributed by atoms with van der Waals surface area (Å²) in [4.78, 5) is 4.03. The van der Waals surface area contributed by atoms with Gasteiger partial charge in [-0.05, 0) is 46.6 Å². The van der Waals surface area contributed by atoms with Crippen LogP contribution >= 0.6 is 38.9 Å². The van der Waals surface area contributed by atoms with Gasteiger partial charge in [0.25, 0.3) is 10.0 Å². The molecule has 0 amide bonds. The molecule has 2 aromatic rings. The van der Waals surface area contributed by atoms with E-state index in [0.717, 1.165) is 16.9 Å². The summed E-state index contributed by atoms with van der Waals surface area (Å²) in [7, 11) is -3.59. The van der Waals surface area contributed by atoms with E-state index in [1.807, 2.05) is 6.92 Å². The average molecular weight is 368 g/mol. The number of sulfonamides is 1. The summed E-state index contributed by atoms with van der Waals surface area (Å²) in [5.74, 6) is 0. The molecule has 0 unspecified atom stereocenters. The Bertz CT molecular complexity index is 685. The number of hydrogen-bond acceptors (Lipinski definition) is 4. The van der Waals surface area contributed by atoms with Crippen LogP contribution in [0.2, 0.25) is 4.34 Å². The Morgan fingerprint density at radius 1 is 1.44 bits per heavy atom. The Balaban J connectivity index is 2.30. The van der Waals surface area contributed by atoms with Gasteiger partial charge in [-0.3, -0.25) is 4.72 Å². The summed E-state index contributed by atoms with van der Waals surface area (Å²) in [6.07, 6.45) is 1.45. The Morgan fingerprint density at radius 2 is 2.17 bits per heavy atom. The lowest BCUT2D eigenvalue weighted by Crippen LogP contribution is -2.11. The molecule has 2 aromatic heterocycles. The van der Waals surface area contributed by atoms with Gasteiger partial charge in [0.15, 0.2) is 0 Å². The van der Waals surface area contributed by atoms with E-state index in [4.69, 9.17) is 11.6 Å². The molecule has 0 radical (unpaired) electrons. The summed E-state index contributed by atoms with van der Waals surface area (Å²) < 4.78 is 27.8. The second kappa shape index (κ2) is 5.16. The normalized spacial score (nSPS) is 11.5. The molecule has 2 heterocycles. The van der Waals surface area contributed by atoms with Crippen molar-refractivity contribution in [2.45, 2.75) is 11.1 Å². The summed E-state index contributed by atoms with van der Waals surface area (Å²) in [5, 5.41) is 0. The lowest BCUT2D eigenvalue weighted by Gasteiger charge is -2.07. The van der Waals surface area contributed by atoms with Gasteiger partial charge in [-0.15, -0.1) is 11.3 Å². The van der Waals surface area contributed by atoms with E-state index in [-0.39, 0.29) is 4.21 Å². The highest BCUT2D eigenvalue weighted by Gasteiger charge is 2.17. The number of nitrogens with zero attached hydrogens (tertiary/aromatic N) is 1. The van der Waals surface area contributed by atoms with E-state index in [0.29, 0.717) is 14.6 Å². The van der Waals surface area contributed by atoms with Gasteiger partial charge in [0.05, 0.1) is 16.2 Å². The van der Waals surface area contributed by atoms with Gasteiger partial charge in [-0.1, -0.05) is 11.6 Å². The van der Waals surface area contributed by atoms with Crippen molar-refractivity contribution in [2.75, 3.05) is 4.72 Å². The smallest absolute Gasteiger partial charge is 0.271 e. The minimum atomic E-state index is -3.59. The molecular formula is C10H8BrClN2O2S2. The standard InChI is InChI=1S/C10H8BrClN2O2S2/c1-6-4-7(5-13-10(6)11)14-18(15,16)9-3-2-8(12)17-9/h2-5,14H,1H3. The van der Waals surface area contributed by atoms with Crippen LogP contribution in [0.4, 0.5) is 5.69 Å². The van der Waals surface area contributed by atoms with Crippen molar-refractivity contribution in [3.05, 3.63) is 38.9 Å². The van der Waals surface area contributed by atoms with Gasteiger partial charge in [-0.25, -0.2) is 13.4 Å². The zero-order valence-corrected chi connectivity index (χ0v) is 13.1. The minimum Gasteiger partial charge on any atom is -0.277 e. The fourth-order valence-corrected chi connectivity index (χ4v) is 4.00. The van der Waals surface area contributed by atoms with Gasteiger partial charge >= 0.3 is 0 Å². The fraction of sp³-hybridized carbons (Fsp3) is 0.100. The SMILES string of the molecule is Cc1cc(NS(=O)(=O)c2ccc(Cl)s2)cnc1Br. The van der Waals surface area contributed by atoms with Gasteiger partial charge in [0, 0.05) is 0 Å². The van der Waals surface area contributed by atoms with Crippen LogP contribution in [0.3, 0.4) is 0 Å². The van der Waals surface area contributed by atoms with E-state index in [9.17, 15) is 8.42 Å². The van der Waals surface area contributed by atoms with Crippen molar-refractivity contribution in [3.8, 4) is 0 Å². The first-order chi connectivity index (χ1) is 8.38. The second-order valence-corrected chi connectivity index (χ2v) is 7.87. The summed E-state index contributed by atoms with van der Waals surface area (Å²) in [6, 6.07) is 4.71. The van der Waals surface area contributed by atoms with Crippen molar-refractivity contribution in [2.24, 2.45) is 0 Å². The van der Waals surface area contributed by atoms with Crippen molar-refractivity contribution in [1.82, 2.24) is 4.98 Å². The predicted octanol–water partition coefficient (Wildman–Crippen LogP) is 3.67. The maximum absolute atomic E-state index is 12.0. The van der Waals surface area contributed by atoms with Crippen LogP contribution in [0.15, 0.2) is 33.2 Å². The van der Waals surface area contributed by atoms with Gasteiger partial charge in [0.1, 0.15) is 8.81 Å². The first-order valence-corrected chi connectivity index (χ1v) is 8.26. The summed E-state index contributed by atoms with van der Waals surface area (Å²) >= 11 is 9.98. The van der Waals surface area contributed by atoms with E-state index >= 15 is 0 Å². The lowest BCUT2D eigenvalue weighted by atomic mass is 10.3. The van der Waals surface area contributed by atoms with Crippen molar-refractivity contribution in [1.29, 1.82) is 0 Å². The zero-order chi connectivity index (χ0) is 13.3. The van der Waals surface area contributed by atoms with E-state index in [1.165, 1.54) is 12.3 Å². The molecule has 0 aliphatic rings. The first kappa shape index (κ1) is 13.8. The number of halogens is 2. The number of pyridine rings is 1. The molecule has 0 bridgehead atoms. The maximum Gasteiger partial charge on any atom is 0.271 e. The predicted molar refractivity (Wildman–Crippen MR) is 76.8 cm³/mol. The number of nitrogens with one attached hydrogen (secondary N) is 1. The number of rotatable bonds is 3. The molecular weight excluding hydrogens is 360 g/mol. The zero-order valence-electron chi connectivity index (χ0n) is 9.15. The van der Waals surface area contributed by atoms with Crippen LogP contribution in [-0.4, -0.2) is 13.4 Å². The van der Waals surface area contributed by atoms with Crippen LogP contribution in [0, 0.1) is 6.92 Å². The largest absolute Gasteiger partial charge is 0.277 e. The Kier molecular flexibility index (Phi) is 3.96. The highest BCUT2D eigenvalue weighted by atomic mass is 79.9. The molecule has 0 aliphatic carbocycles. The van der Waals surface area contributed by atoms with Gasteiger partial charge in [-0.2, -0.15) is 0 Å². The van der Waals surface area contributed by atoms with Crippen molar-refractivity contribution < 1.29 is 8.42 Å². The molecule has 0 fully saturated rings. The molecule has 0 saturated heterocycles. The molecule has 0 spiro atoms. The van der Waals surface area contributed by atoms with Crippen LogP contribution in [0.25, 0.3) is 0 Å². The third-order valence-corrected chi connectivity index (χ3v) is 6.01. The number of aryl methyl sites for hydroxylation is 1. The number of aromatic nitrogens is 1. The molecule has 96 valence electrons. The van der Waals surface area contributed by atoms with E-state index in [2.05, 4.69) is 25.6 Å². The van der Waals surface area contributed by atoms with Crippen LogP contribution in [0.1, 0.15) is 5.56 Å². The Hall–Kier alpha value is -0.630. The van der Waals surface area contributed by atoms with Gasteiger partial charge < -0.3 is 0 Å². The fourth-order valence-electron chi connectivity index (χ4n) is 1.26. The number of anilines is 1. The number of thiophene rings is 1. The van der Waals surface area contributed by atoms with Crippen LogP contribution < -0.4 is 4.72 Å². The number of hydrogen-bond donors (Lipinski definition) is 1. The average Bonchev–Trinajstić information content (AvgIpc) is 2.71. The Morgan fingerprint density at radius 3 is 2.72 bits per heavy atom. The molecule has 1 N–H and O–H groups in total. The maximum atomic E-state index is 12.0. The molecule has 2 rings (SSSR count). The monoisotopic (exact) mass is 366 g/mol. The molecule has 0 atom stereocenters. The second-order valence-electron chi connectivity index (χ2n) is 3.50. The molecule has 18 heavy (non-hydrogen) atoms. The highest BCUT2D eigenvalue weighted by molar-refractivity contribution is 9.10. The highest BCUT2D eigenvalue weighted by Crippen LogP contribution is 2.27.